The number of unbranched alkanes of at least 4 members (excludes halogenated alkanes) is 8. The van der Waals surface area contributed by atoms with E-state index in [0.717, 1.165) is 72.0 Å². The molecule has 0 aliphatic carbocycles. The number of fused-ring (bicyclic) bond motifs is 3. The van der Waals surface area contributed by atoms with Gasteiger partial charge in [0, 0.05) is 30.3 Å². The van der Waals surface area contributed by atoms with Crippen molar-refractivity contribution in [2.24, 2.45) is 0 Å². The molecule has 190 valence electrons. The summed E-state index contributed by atoms with van der Waals surface area (Å²) in [5, 5.41) is 1.14. The van der Waals surface area contributed by atoms with Gasteiger partial charge in [-0.1, -0.05) is 100 Å². The summed E-state index contributed by atoms with van der Waals surface area (Å²) in [6, 6.07) is 17.9. The van der Waals surface area contributed by atoms with E-state index in [-0.39, 0.29) is 5.78 Å². The third kappa shape index (κ3) is 6.51. The second-order valence-corrected chi connectivity index (χ2v) is 9.86. The van der Waals surface area contributed by atoms with E-state index in [1.165, 1.54) is 38.5 Å². The number of Topliss-reactive ketones (excluding diaryl/α,β-unsaturated/α-hetero) is 1. The van der Waals surface area contributed by atoms with Crippen LogP contribution >= 0.6 is 0 Å². The van der Waals surface area contributed by atoms with E-state index in [0.29, 0.717) is 12.2 Å². The molecule has 0 bridgehead atoms. The third-order valence-corrected chi connectivity index (χ3v) is 7.04. The average Bonchev–Trinajstić information content (AvgIpc) is 3.27. The van der Waals surface area contributed by atoms with Crippen LogP contribution in [0, 0.1) is 0 Å². The smallest absolute Gasteiger partial charge is 0.162 e. The minimum atomic E-state index is 0.273. The number of benzene rings is 2. The second kappa shape index (κ2) is 13.2. The first-order valence-corrected chi connectivity index (χ1v) is 13.8. The lowest BCUT2D eigenvalue weighted by Crippen LogP contribution is -2.04. The molecule has 0 radical (unpaired) electrons. The molecule has 2 heterocycles. The van der Waals surface area contributed by atoms with Gasteiger partial charge in [0.05, 0.1) is 11.0 Å². The summed E-state index contributed by atoms with van der Waals surface area (Å²) >= 11 is 0. The van der Waals surface area contributed by atoms with Crippen LogP contribution in [0.5, 0.6) is 0 Å². The van der Waals surface area contributed by atoms with Crippen LogP contribution in [-0.4, -0.2) is 20.3 Å². The average molecular weight is 485 g/mol. The molecule has 36 heavy (non-hydrogen) atoms. The number of hydrogen-bond donors (Lipinski definition) is 1. The van der Waals surface area contributed by atoms with Gasteiger partial charge in [0.25, 0.3) is 0 Å². The Kier molecular flexibility index (Phi) is 9.48. The van der Waals surface area contributed by atoms with Gasteiger partial charge in [-0.15, -0.1) is 0 Å². The van der Waals surface area contributed by atoms with Crippen molar-refractivity contribution in [3.05, 3.63) is 66.0 Å². The van der Waals surface area contributed by atoms with Crippen molar-refractivity contribution >= 4 is 33.5 Å². The molecule has 2 aromatic carbocycles. The first-order chi connectivity index (χ1) is 17.7. The number of rotatable bonds is 15. The van der Waals surface area contributed by atoms with Gasteiger partial charge in [-0.3, -0.25) is 4.79 Å². The number of ketones is 1. The number of carbonyl (C=O) groups is 1. The Morgan fingerprint density at radius 3 is 2.17 bits per heavy atom. The Balaban J connectivity index is 1.18. The summed E-state index contributed by atoms with van der Waals surface area (Å²) in [5.74, 6) is 1.93. The van der Waals surface area contributed by atoms with Gasteiger partial charge < -0.3 is 10.3 Å². The normalized spacial score (nSPS) is 11.5. The van der Waals surface area contributed by atoms with Crippen LogP contribution in [0.25, 0.3) is 21.9 Å². The van der Waals surface area contributed by atoms with Crippen molar-refractivity contribution in [1.82, 2.24) is 14.5 Å². The first-order valence-electron chi connectivity index (χ1n) is 13.8. The summed E-state index contributed by atoms with van der Waals surface area (Å²) in [6.45, 7) is 3.18. The number of aryl methyl sites for hydroxylation is 2. The van der Waals surface area contributed by atoms with Crippen LogP contribution < -0.4 is 5.73 Å². The number of anilines is 1. The van der Waals surface area contributed by atoms with Crippen molar-refractivity contribution < 1.29 is 4.79 Å². The van der Waals surface area contributed by atoms with E-state index in [2.05, 4.69) is 28.6 Å². The topological polar surface area (TPSA) is 73.8 Å². The number of nitrogens with two attached hydrogens (primary N) is 1. The number of nitrogens with zero attached hydrogens (tertiary/aromatic N) is 3. The highest BCUT2D eigenvalue weighted by molar-refractivity contribution is 6.06. The molecule has 5 heteroatoms. The molecule has 4 rings (SSSR count). The van der Waals surface area contributed by atoms with Crippen molar-refractivity contribution in [2.45, 2.75) is 90.5 Å². The van der Waals surface area contributed by atoms with Crippen molar-refractivity contribution in [2.75, 3.05) is 5.73 Å². The van der Waals surface area contributed by atoms with Gasteiger partial charge >= 0.3 is 0 Å². The Morgan fingerprint density at radius 1 is 0.806 bits per heavy atom. The summed E-state index contributed by atoms with van der Waals surface area (Å²) in [7, 11) is 0. The number of hydrogen-bond acceptors (Lipinski definition) is 4. The zero-order valence-corrected chi connectivity index (χ0v) is 21.7. The van der Waals surface area contributed by atoms with E-state index in [9.17, 15) is 4.79 Å². The van der Waals surface area contributed by atoms with Crippen molar-refractivity contribution in [3.8, 4) is 0 Å². The lowest BCUT2D eigenvalue weighted by atomic mass is 10.0. The molecule has 0 saturated heterocycles. The van der Waals surface area contributed by atoms with Crippen molar-refractivity contribution in [1.29, 1.82) is 0 Å². The first kappa shape index (κ1) is 25.9. The molecular weight excluding hydrogens is 444 g/mol. The fraction of sp³-hybridized carbons (Fsp3) is 0.452. The Hall–Kier alpha value is -3.21. The summed E-state index contributed by atoms with van der Waals surface area (Å²) in [6.07, 6.45) is 13.6. The monoisotopic (exact) mass is 484 g/mol. The molecule has 0 unspecified atom stereocenters. The maximum atomic E-state index is 12.2. The van der Waals surface area contributed by atoms with Crippen LogP contribution in [0.3, 0.4) is 0 Å². The standard InChI is InChI=1S/C31H40N4O/c1-2-17-28-34-29-30(25-20-14-15-21-26(25)33-31(29)32)35(28)23-16-9-7-5-3-4-6-8-13-22-27(36)24-18-11-10-12-19-24/h10-12,14-15,18-21H,2-9,13,16-17,22-23H2,1H3,(H2,32,33). The molecule has 2 N–H and O–H groups in total. The van der Waals surface area contributed by atoms with Gasteiger partial charge in [-0.2, -0.15) is 0 Å². The minimum absolute atomic E-state index is 0.273. The molecule has 2 aromatic heterocycles. The Morgan fingerprint density at radius 2 is 1.44 bits per heavy atom. The predicted octanol–water partition coefficient (Wildman–Crippen LogP) is 7.90. The Bertz CT molecular complexity index is 1260. The molecule has 0 aliphatic heterocycles. The maximum Gasteiger partial charge on any atom is 0.162 e. The fourth-order valence-corrected chi connectivity index (χ4v) is 5.12. The summed E-state index contributed by atoms with van der Waals surface area (Å²) < 4.78 is 2.40. The van der Waals surface area contributed by atoms with Gasteiger partial charge in [0.15, 0.2) is 11.6 Å². The van der Waals surface area contributed by atoms with Crippen LogP contribution in [0.2, 0.25) is 0 Å². The van der Waals surface area contributed by atoms with E-state index in [1.807, 2.05) is 42.5 Å². The van der Waals surface area contributed by atoms with Crippen LogP contribution in [0.15, 0.2) is 54.6 Å². The zero-order chi connectivity index (χ0) is 25.2. The molecule has 4 aromatic rings. The highest BCUT2D eigenvalue weighted by Crippen LogP contribution is 2.29. The quantitative estimate of drug-likeness (QED) is 0.137. The molecular formula is C31H40N4O. The fourth-order valence-electron chi connectivity index (χ4n) is 5.12. The largest absolute Gasteiger partial charge is 0.382 e. The molecule has 0 saturated carbocycles. The number of para-hydroxylation sites is 1. The highest BCUT2D eigenvalue weighted by Gasteiger charge is 2.16. The number of nitrogen functional groups attached to an aromatic ring is 1. The SMILES string of the molecule is CCCc1nc2c(N)nc3ccccc3c2n1CCCCCCCCCCCC(=O)c1ccccc1. The number of aromatic nitrogens is 3. The van der Waals surface area contributed by atoms with Gasteiger partial charge in [-0.25, -0.2) is 9.97 Å². The second-order valence-electron chi connectivity index (χ2n) is 9.86. The van der Waals surface area contributed by atoms with Crippen LogP contribution in [-0.2, 0) is 13.0 Å². The molecule has 0 aliphatic rings. The van der Waals surface area contributed by atoms with Gasteiger partial charge in [0.1, 0.15) is 11.3 Å². The molecule has 0 fully saturated rings. The highest BCUT2D eigenvalue weighted by atomic mass is 16.1. The molecule has 0 atom stereocenters. The maximum absolute atomic E-state index is 12.2. The number of pyridine rings is 1. The lowest BCUT2D eigenvalue weighted by Gasteiger charge is -2.11. The molecule has 0 amide bonds. The van der Waals surface area contributed by atoms with E-state index < -0.39 is 0 Å². The minimum Gasteiger partial charge on any atom is -0.382 e. The van der Waals surface area contributed by atoms with Crippen molar-refractivity contribution in [3.63, 3.8) is 0 Å². The third-order valence-electron chi connectivity index (χ3n) is 7.04. The summed E-state index contributed by atoms with van der Waals surface area (Å²) in [4.78, 5) is 21.6. The van der Waals surface area contributed by atoms with Crippen LogP contribution in [0.1, 0.15) is 93.7 Å². The number of imidazole rings is 1. The molecule has 0 spiro atoms. The van der Waals surface area contributed by atoms with E-state index in [4.69, 9.17) is 10.7 Å². The molecule has 5 nitrogen and oxygen atoms in total. The van der Waals surface area contributed by atoms with Gasteiger partial charge in [-0.05, 0) is 25.3 Å². The van der Waals surface area contributed by atoms with Crippen LogP contribution in [0.4, 0.5) is 5.82 Å². The number of carbonyl (C=O) groups excluding carboxylic acids is 1. The van der Waals surface area contributed by atoms with Gasteiger partial charge in [0.2, 0.25) is 0 Å². The lowest BCUT2D eigenvalue weighted by molar-refractivity contribution is 0.0979. The van der Waals surface area contributed by atoms with E-state index >= 15 is 0 Å². The Labute approximate surface area is 215 Å². The van der Waals surface area contributed by atoms with E-state index in [1.54, 1.807) is 0 Å². The predicted molar refractivity (Wildman–Crippen MR) is 150 cm³/mol. The zero-order valence-electron chi connectivity index (χ0n) is 21.7. The summed E-state index contributed by atoms with van der Waals surface area (Å²) in [5.41, 5.74) is 10.1.